The van der Waals surface area contributed by atoms with Gasteiger partial charge in [0.15, 0.2) is 0 Å². The molecule has 0 bridgehead atoms. The van der Waals surface area contributed by atoms with Gasteiger partial charge in [-0.2, -0.15) is 0 Å². The molecule has 0 radical (unpaired) electrons. The van der Waals surface area contributed by atoms with Crippen molar-refractivity contribution < 1.29 is 24.2 Å². The Morgan fingerprint density at radius 2 is 1.75 bits per heavy atom. The summed E-state index contributed by atoms with van der Waals surface area (Å²) in [5, 5.41) is 9.30. The standard InChI is InChI=1S/C21H25NO5S/c1-21(2,3)27-20(25)22(4)13-15-12-14(19(23)24)6-11-18(15)26-16-7-9-17(28-5)10-8-16/h6-12H,13H2,1-5H3,(H,23,24). The Bertz CT molecular complexity index is 843. The largest absolute Gasteiger partial charge is 0.478 e. The maximum atomic E-state index is 12.3. The predicted octanol–water partition coefficient (Wildman–Crippen LogP) is 5.27. The molecular formula is C21H25NO5S. The minimum Gasteiger partial charge on any atom is -0.478 e. The van der Waals surface area contributed by atoms with Crippen LogP contribution in [0.1, 0.15) is 36.7 Å². The van der Waals surface area contributed by atoms with Crippen molar-refractivity contribution in [1.82, 2.24) is 4.90 Å². The van der Waals surface area contributed by atoms with Crippen molar-refractivity contribution in [2.45, 2.75) is 37.8 Å². The second-order valence-electron chi connectivity index (χ2n) is 7.24. The summed E-state index contributed by atoms with van der Waals surface area (Å²) >= 11 is 1.63. The molecule has 0 atom stereocenters. The Labute approximate surface area is 169 Å². The normalized spacial score (nSPS) is 11.0. The van der Waals surface area contributed by atoms with E-state index in [9.17, 15) is 14.7 Å². The van der Waals surface area contributed by atoms with E-state index in [0.29, 0.717) is 17.1 Å². The highest BCUT2D eigenvalue weighted by atomic mass is 32.2. The van der Waals surface area contributed by atoms with Gasteiger partial charge in [-0.3, -0.25) is 0 Å². The Balaban J connectivity index is 2.27. The lowest BCUT2D eigenvalue weighted by Crippen LogP contribution is -2.33. The van der Waals surface area contributed by atoms with Gasteiger partial charge in [0.2, 0.25) is 0 Å². The third-order valence-electron chi connectivity index (χ3n) is 3.71. The number of nitrogens with zero attached hydrogens (tertiary/aromatic N) is 1. The summed E-state index contributed by atoms with van der Waals surface area (Å²) in [6.45, 7) is 5.51. The minimum absolute atomic E-state index is 0.123. The summed E-state index contributed by atoms with van der Waals surface area (Å²) < 4.78 is 11.3. The first-order valence-corrected chi connectivity index (χ1v) is 9.94. The van der Waals surface area contributed by atoms with Gasteiger partial charge in [-0.1, -0.05) is 0 Å². The number of carboxylic acid groups (broad SMARTS) is 1. The number of hydrogen-bond donors (Lipinski definition) is 1. The van der Waals surface area contributed by atoms with Crippen molar-refractivity contribution in [2.75, 3.05) is 13.3 Å². The summed E-state index contributed by atoms with van der Waals surface area (Å²) in [6.07, 6.45) is 1.49. The fraction of sp³-hybridized carbons (Fsp3) is 0.333. The number of rotatable bonds is 6. The molecular weight excluding hydrogens is 378 g/mol. The first kappa shape index (κ1) is 21.6. The van der Waals surface area contributed by atoms with Crippen LogP contribution in [0.2, 0.25) is 0 Å². The van der Waals surface area contributed by atoms with Crippen LogP contribution >= 0.6 is 11.8 Å². The van der Waals surface area contributed by atoms with Crippen molar-refractivity contribution in [1.29, 1.82) is 0 Å². The summed E-state index contributed by atoms with van der Waals surface area (Å²) in [4.78, 5) is 26.1. The van der Waals surface area contributed by atoms with E-state index >= 15 is 0 Å². The van der Waals surface area contributed by atoms with E-state index in [1.165, 1.54) is 17.0 Å². The highest BCUT2D eigenvalue weighted by Crippen LogP contribution is 2.29. The van der Waals surface area contributed by atoms with Crippen LogP contribution in [0, 0.1) is 0 Å². The first-order chi connectivity index (χ1) is 13.1. The monoisotopic (exact) mass is 403 g/mol. The van der Waals surface area contributed by atoms with Crippen molar-refractivity contribution in [3.05, 3.63) is 53.6 Å². The fourth-order valence-electron chi connectivity index (χ4n) is 2.37. The number of carboxylic acids is 1. The molecule has 1 amide bonds. The molecule has 0 unspecified atom stereocenters. The van der Waals surface area contributed by atoms with Gasteiger partial charge in [-0.05, 0) is 69.5 Å². The van der Waals surface area contributed by atoms with Crippen LogP contribution in [0.15, 0.2) is 47.4 Å². The summed E-state index contributed by atoms with van der Waals surface area (Å²) in [5.74, 6) is 0.0661. The van der Waals surface area contributed by atoms with Crippen LogP contribution in [-0.4, -0.2) is 41.0 Å². The first-order valence-electron chi connectivity index (χ1n) is 8.71. The molecule has 7 heteroatoms. The van der Waals surface area contributed by atoms with E-state index < -0.39 is 17.7 Å². The van der Waals surface area contributed by atoms with E-state index in [1.54, 1.807) is 45.6 Å². The molecule has 0 aliphatic rings. The van der Waals surface area contributed by atoms with Crippen LogP contribution in [0.4, 0.5) is 4.79 Å². The number of benzene rings is 2. The Hall–Kier alpha value is -2.67. The second kappa shape index (κ2) is 9.01. The fourth-order valence-corrected chi connectivity index (χ4v) is 2.77. The van der Waals surface area contributed by atoms with Crippen LogP contribution in [0.25, 0.3) is 0 Å². The number of amides is 1. The molecule has 1 N–H and O–H groups in total. The summed E-state index contributed by atoms with van der Waals surface area (Å²) in [6, 6.07) is 12.2. The van der Waals surface area contributed by atoms with Gasteiger partial charge in [0, 0.05) is 17.5 Å². The maximum Gasteiger partial charge on any atom is 0.410 e. The van der Waals surface area contributed by atoms with Crippen molar-refractivity contribution in [3.63, 3.8) is 0 Å². The maximum absolute atomic E-state index is 12.3. The lowest BCUT2D eigenvalue weighted by molar-refractivity contribution is 0.0284. The third kappa shape index (κ3) is 6.20. The molecule has 2 aromatic rings. The zero-order valence-corrected chi connectivity index (χ0v) is 17.5. The molecule has 0 aliphatic carbocycles. The van der Waals surface area contributed by atoms with Gasteiger partial charge in [0.1, 0.15) is 17.1 Å². The second-order valence-corrected chi connectivity index (χ2v) is 8.12. The minimum atomic E-state index is -1.04. The van der Waals surface area contributed by atoms with Gasteiger partial charge in [0.05, 0.1) is 12.1 Å². The number of aromatic carboxylic acids is 1. The van der Waals surface area contributed by atoms with E-state index in [-0.39, 0.29) is 12.1 Å². The van der Waals surface area contributed by atoms with E-state index in [4.69, 9.17) is 9.47 Å². The van der Waals surface area contributed by atoms with Gasteiger partial charge in [0.25, 0.3) is 0 Å². The average molecular weight is 404 g/mol. The Morgan fingerprint density at radius 3 is 2.29 bits per heavy atom. The Kier molecular flexibility index (Phi) is 6.96. The highest BCUT2D eigenvalue weighted by molar-refractivity contribution is 7.98. The number of carbonyl (C=O) groups excluding carboxylic acids is 1. The summed E-state index contributed by atoms with van der Waals surface area (Å²) in [5.41, 5.74) is 0.0759. The topological polar surface area (TPSA) is 76.1 Å². The smallest absolute Gasteiger partial charge is 0.410 e. The number of ether oxygens (including phenoxy) is 2. The van der Waals surface area contributed by atoms with Crippen LogP contribution < -0.4 is 4.74 Å². The number of carbonyl (C=O) groups is 2. The highest BCUT2D eigenvalue weighted by Gasteiger charge is 2.21. The molecule has 0 saturated heterocycles. The van der Waals surface area contributed by atoms with Gasteiger partial charge in [-0.25, -0.2) is 9.59 Å². The van der Waals surface area contributed by atoms with Crippen LogP contribution in [0.5, 0.6) is 11.5 Å². The van der Waals surface area contributed by atoms with Gasteiger partial charge < -0.3 is 19.5 Å². The summed E-state index contributed by atoms with van der Waals surface area (Å²) in [7, 11) is 1.60. The lowest BCUT2D eigenvalue weighted by Gasteiger charge is -2.25. The zero-order chi connectivity index (χ0) is 20.9. The molecule has 0 fully saturated rings. The van der Waals surface area contributed by atoms with Gasteiger partial charge in [-0.15, -0.1) is 11.8 Å². The molecule has 2 aromatic carbocycles. The quantitative estimate of drug-likeness (QED) is 0.663. The molecule has 6 nitrogen and oxygen atoms in total. The van der Waals surface area contributed by atoms with Crippen molar-refractivity contribution >= 4 is 23.8 Å². The average Bonchev–Trinajstić information content (AvgIpc) is 2.62. The molecule has 0 spiro atoms. The molecule has 0 heterocycles. The van der Waals surface area contributed by atoms with E-state index in [1.807, 2.05) is 30.5 Å². The molecule has 150 valence electrons. The van der Waals surface area contributed by atoms with Crippen molar-refractivity contribution in [2.24, 2.45) is 0 Å². The molecule has 0 aromatic heterocycles. The van der Waals surface area contributed by atoms with Crippen LogP contribution in [0.3, 0.4) is 0 Å². The SMILES string of the molecule is CSc1ccc(Oc2ccc(C(=O)O)cc2CN(C)C(=O)OC(C)(C)C)cc1. The van der Waals surface area contributed by atoms with Crippen molar-refractivity contribution in [3.8, 4) is 11.5 Å². The van der Waals surface area contributed by atoms with Gasteiger partial charge >= 0.3 is 12.1 Å². The molecule has 2 rings (SSSR count). The third-order valence-corrected chi connectivity index (χ3v) is 4.45. The molecule has 0 saturated carbocycles. The zero-order valence-electron chi connectivity index (χ0n) is 16.7. The van der Waals surface area contributed by atoms with E-state index in [0.717, 1.165) is 4.90 Å². The molecule has 28 heavy (non-hydrogen) atoms. The van der Waals surface area contributed by atoms with Crippen LogP contribution in [-0.2, 0) is 11.3 Å². The number of hydrogen-bond acceptors (Lipinski definition) is 5. The molecule has 0 aliphatic heterocycles. The number of thioether (sulfide) groups is 1. The van der Waals surface area contributed by atoms with E-state index in [2.05, 4.69) is 0 Å². The lowest BCUT2D eigenvalue weighted by atomic mass is 10.1. The predicted molar refractivity (Wildman–Crippen MR) is 109 cm³/mol. The Morgan fingerprint density at radius 1 is 1.11 bits per heavy atom.